The van der Waals surface area contributed by atoms with E-state index in [9.17, 15) is 5.11 Å². The van der Waals surface area contributed by atoms with Gasteiger partial charge in [-0.1, -0.05) is 17.7 Å². The van der Waals surface area contributed by atoms with E-state index in [1.165, 1.54) is 11.3 Å². The third kappa shape index (κ3) is 2.19. The lowest BCUT2D eigenvalue weighted by molar-refractivity contribution is 0.214. The summed E-state index contributed by atoms with van der Waals surface area (Å²) < 4.78 is 5.18. The number of aliphatic hydroxyl groups is 1. The average molecular weight is 256 g/mol. The van der Waals surface area contributed by atoms with Gasteiger partial charge in [0.2, 0.25) is 0 Å². The first-order valence-corrected chi connectivity index (χ1v) is 5.89. The number of nitrogens with zero attached hydrogens (tertiary/aromatic N) is 1. The first-order chi connectivity index (χ1) is 7.72. The predicted molar refractivity (Wildman–Crippen MR) is 64.2 cm³/mol. The number of rotatable bonds is 3. The van der Waals surface area contributed by atoms with Crippen LogP contribution in [0.4, 0.5) is 0 Å². The van der Waals surface area contributed by atoms with Crippen LogP contribution in [0.25, 0.3) is 0 Å². The second-order valence-corrected chi connectivity index (χ2v) is 4.52. The van der Waals surface area contributed by atoms with Gasteiger partial charge >= 0.3 is 0 Å². The van der Waals surface area contributed by atoms with E-state index in [4.69, 9.17) is 16.3 Å². The van der Waals surface area contributed by atoms with Gasteiger partial charge in [-0.2, -0.15) is 0 Å². The lowest BCUT2D eigenvalue weighted by Gasteiger charge is -2.12. The van der Waals surface area contributed by atoms with Gasteiger partial charge in [0.1, 0.15) is 16.9 Å². The van der Waals surface area contributed by atoms with Crippen molar-refractivity contribution in [2.24, 2.45) is 0 Å². The Labute approximate surface area is 102 Å². The molecular weight excluding hydrogens is 246 g/mol. The maximum Gasteiger partial charge on any atom is 0.134 e. The average Bonchev–Trinajstić information content (AvgIpc) is 2.81. The van der Waals surface area contributed by atoms with E-state index in [0.29, 0.717) is 21.3 Å². The molecule has 3 nitrogen and oxygen atoms in total. The molecule has 0 radical (unpaired) electrons. The molecule has 0 saturated carbocycles. The molecule has 0 amide bonds. The third-order valence-corrected chi connectivity index (χ3v) is 3.24. The molecule has 0 aliphatic carbocycles. The van der Waals surface area contributed by atoms with E-state index in [0.717, 1.165) is 0 Å². The monoisotopic (exact) mass is 255 g/mol. The Balaban J connectivity index is 2.40. The standard InChI is InChI=1S/C11H10ClNO2S/c1-15-9-6-7(12)2-3-8(9)10(14)11-13-4-5-16-11/h2-6,10,14H,1H3. The summed E-state index contributed by atoms with van der Waals surface area (Å²) in [5.74, 6) is 0.565. The molecule has 0 bridgehead atoms. The minimum Gasteiger partial charge on any atom is -0.496 e. The first kappa shape index (κ1) is 11.4. The highest BCUT2D eigenvalue weighted by atomic mass is 35.5. The van der Waals surface area contributed by atoms with Crippen molar-refractivity contribution in [3.8, 4) is 5.75 Å². The summed E-state index contributed by atoms with van der Waals surface area (Å²) >= 11 is 7.25. The lowest BCUT2D eigenvalue weighted by Crippen LogP contribution is -2.01. The number of hydrogen-bond acceptors (Lipinski definition) is 4. The highest BCUT2D eigenvalue weighted by Crippen LogP contribution is 2.32. The van der Waals surface area contributed by atoms with Gasteiger partial charge in [-0.05, 0) is 12.1 Å². The maximum atomic E-state index is 10.1. The van der Waals surface area contributed by atoms with Crippen molar-refractivity contribution in [2.75, 3.05) is 7.11 Å². The molecule has 1 atom stereocenters. The second-order valence-electron chi connectivity index (χ2n) is 3.16. The molecule has 5 heteroatoms. The van der Waals surface area contributed by atoms with Gasteiger partial charge in [-0.25, -0.2) is 4.98 Å². The molecule has 1 aromatic carbocycles. The molecule has 0 saturated heterocycles. The van der Waals surface area contributed by atoms with Crippen LogP contribution in [0, 0.1) is 0 Å². The van der Waals surface area contributed by atoms with Gasteiger partial charge in [0.15, 0.2) is 0 Å². The largest absolute Gasteiger partial charge is 0.496 e. The number of ether oxygens (including phenoxy) is 1. The van der Waals surface area contributed by atoms with Crippen LogP contribution in [-0.2, 0) is 0 Å². The van der Waals surface area contributed by atoms with Crippen LogP contribution in [-0.4, -0.2) is 17.2 Å². The van der Waals surface area contributed by atoms with Crippen LogP contribution in [0.1, 0.15) is 16.7 Å². The zero-order valence-corrected chi connectivity index (χ0v) is 10.1. The second kappa shape index (κ2) is 4.82. The van der Waals surface area contributed by atoms with Gasteiger partial charge in [0.05, 0.1) is 7.11 Å². The van der Waals surface area contributed by atoms with Gasteiger partial charge in [0, 0.05) is 22.2 Å². The maximum absolute atomic E-state index is 10.1. The molecule has 1 N–H and O–H groups in total. The Hall–Kier alpha value is -1.10. The van der Waals surface area contributed by atoms with Gasteiger partial charge in [-0.15, -0.1) is 11.3 Å². The Morgan fingerprint density at radius 1 is 1.50 bits per heavy atom. The van der Waals surface area contributed by atoms with Crippen LogP contribution in [0.5, 0.6) is 5.75 Å². The van der Waals surface area contributed by atoms with Gasteiger partial charge in [0.25, 0.3) is 0 Å². The minimum atomic E-state index is -0.771. The predicted octanol–water partition coefficient (Wildman–Crippen LogP) is 2.89. The third-order valence-electron chi connectivity index (χ3n) is 2.18. The van der Waals surface area contributed by atoms with Crippen molar-refractivity contribution in [1.82, 2.24) is 4.98 Å². The SMILES string of the molecule is COc1cc(Cl)ccc1C(O)c1nccs1. The molecule has 1 unspecified atom stereocenters. The smallest absolute Gasteiger partial charge is 0.134 e. The van der Waals surface area contributed by atoms with Crippen LogP contribution in [0.15, 0.2) is 29.8 Å². The fourth-order valence-electron chi connectivity index (χ4n) is 1.41. The summed E-state index contributed by atoms with van der Waals surface area (Å²) in [5, 5.41) is 13.1. The number of thiazole rings is 1. The summed E-state index contributed by atoms with van der Waals surface area (Å²) in [7, 11) is 1.55. The van der Waals surface area contributed by atoms with Crippen molar-refractivity contribution in [2.45, 2.75) is 6.10 Å². The van der Waals surface area contributed by atoms with Crippen LogP contribution in [0.2, 0.25) is 5.02 Å². The van der Waals surface area contributed by atoms with Crippen LogP contribution >= 0.6 is 22.9 Å². The highest BCUT2D eigenvalue weighted by molar-refractivity contribution is 7.09. The molecule has 0 fully saturated rings. The van der Waals surface area contributed by atoms with Crippen molar-refractivity contribution >= 4 is 22.9 Å². The van der Waals surface area contributed by atoms with Gasteiger partial charge < -0.3 is 9.84 Å². The Kier molecular flexibility index (Phi) is 3.43. The zero-order chi connectivity index (χ0) is 11.5. The Morgan fingerprint density at radius 3 is 2.94 bits per heavy atom. The Morgan fingerprint density at radius 2 is 2.31 bits per heavy atom. The van der Waals surface area contributed by atoms with E-state index < -0.39 is 6.10 Å². The number of halogens is 1. The van der Waals surface area contributed by atoms with Crippen LogP contribution < -0.4 is 4.74 Å². The summed E-state index contributed by atoms with van der Waals surface area (Å²) in [6.07, 6.45) is 0.887. The molecule has 0 aliphatic heterocycles. The number of hydrogen-bond donors (Lipinski definition) is 1. The molecule has 1 aromatic heterocycles. The number of aromatic nitrogens is 1. The summed E-state index contributed by atoms with van der Waals surface area (Å²) in [6, 6.07) is 5.14. The summed E-state index contributed by atoms with van der Waals surface area (Å²) in [6.45, 7) is 0. The first-order valence-electron chi connectivity index (χ1n) is 4.63. The number of aliphatic hydroxyl groups excluding tert-OH is 1. The molecule has 0 spiro atoms. The normalized spacial score (nSPS) is 12.4. The summed E-state index contributed by atoms with van der Waals surface area (Å²) in [4.78, 5) is 4.07. The molecule has 2 aromatic rings. The fourth-order valence-corrected chi connectivity index (χ4v) is 2.21. The lowest BCUT2D eigenvalue weighted by atomic mass is 10.1. The van der Waals surface area contributed by atoms with E-state index in [1.54, 1.807) is 31.5 Å². The van der Waals surface area contributed by atoms with Crippen molar-refractivity contribution in [3.63, 3.8) is 0 Å². The van der Waals surface area contributed by atoms with Crippen molar-refractivity contribution < 1.29 is 9.84 Å². The van der Waals surface area contributed by atoms with Crippen molar-refractivity contribution in [3.05, 3.63) is 45.4 Å². The number of methoxy groups -OCH3 is 1. The summed E-state index contributed by atoms with van der Waals surface area (Å²) in [5.41, 5.74) is 0.668. The van der Waals surface area contributed by atoms with Crippen molar-refractivity contribution in [1.29, 1.82) is 0 Å². The fraction of sp³-hybridized carbons (Fsp3) is 0.182. The van der Waals surface area contributed by atoms with Crippen LogP contribution in [0.3, 0.4) is 0 Å². The molecular formula is C11H10ClNO2S. The molecule has 84 valence electrons. The highest BCUT2D eigenvalue weighted by Gasteiger charge is 2.17. The zero-order valence-electron chi connectivity index (χ0n) is 8.55. The van der Waals surface area contributed by atoms with E-state index in [2.05, 4.69) is 4.98 Å². The molecule has 16 heavy (non-hydrogen) atoms. The molecule has 0 aliphatic rings. The Bertz CT molecular complexity index is 473. The quantitative estimate of drug-likeness (QED) is 0.917. The topological polar surface area (TPSA) is 42.4 Å². The van der Waals surface area contributed by atoms with E-state index in [1.807, 2.05) is 5.38 Å². The number of benzene rings is 1. The molecule has 2 rings (SSSR count). The van der Waals surface area contributed by atoms with E-state index >= 15 is 0 Å². The molecule has 1 heterocycles. The van der Waals surface area contributed by atoms with Gasteiger partial charge in [-0.3, -0.25) is 0 Å². The van der Waals surface area contributed by atoms with E-state index in [-0.39, 0.29) is 0 Å². The minimum absolute atomic E-state index is 0.565.